The van der Waals surface area contributed by atoms with Gasteiger partial charge in [-0.1, -0.05) is 24.3 Å². The molecule has 0 spiro atoms. The number of halogens is 1. The molecule has 0 aliphatic heterocycles. The van der Waals surface area contributed by atoms with Crippen LogP contribution in [0.3, 0.4) is 0 Å². The number of aromatic carboxylic acids is 1. The van der Waals surface area contributed by atoms with Gasteiger partial charge in [-0.05, 0) is 23.6 Å². The number of H-pyrrole nitrogens is 1. The van der Waals surface area contributed by atoms with Crippen molar-refractivity contribution in [2.24, 2.45) is 0 Å². The molecule has 0 aliphatic carbocycles. The molecule has 21 heavy (non-hydrogen) atoms. The highest BCUT2D eigenvalue weighted by molar-refractivity contribution is 6.16. The van der Waals surface area contributed by atoms with Gasteiger partial charge in [0.05, 0.1) is 0 Å². The zero-order valence-corrected chi connectivity index (χ0v) is 10.8. The van der Waals surface area contributed by atoms with E-state index in [-0.39, 0.29) is 17.0 Å². The fourth-order valence-corrected chi connectivity index (χ4v) is 2.26. The van der Waals surface area contributed by atoms with Gasteiger partial charge in [0.15, 0.2) is 5.78 Å². The predicted molar refractivity (Wildman–Crippen MR) is 75.1 cm³/mol. The normalized spacial score (nSPS) is 10.7. The van der Waals surface area contributed by atoms with Crippen LogP contribution in [0.4, 0.5) is 4.39 Å². The number of carbonyl (C=O) groups is 2. The summed E-state index contributed by atoms with van der Waals surface area (Å²) in [5.41, 5.74) is 0.497. The lowest BCUT2D eigenvalue weighted by atomic mass is 9.98. The van der Waals surface area contributed by atoms with Crippen molar-refractivity contribution in [3.05, 3.63) is 71.3 Å². The first kappa shape index (κ1) is 13.1. The maximum atomic E-state index is 13.7. The summed E-state index contributed by atoms with van der Waals surface area (Å²) in [5.74, 6) is -1.89. The summed E-state index contributed by atoms with van der Waals surface area (Å²) in [6.45, 7) is 0. The number of benzene rings is 2. The maximum absolute atomic E-state index is 13.7. The molecule has 0 unspecified atom stereocenters. The van der Waals surface area contributed by atoms with Gasteiger partial charge in [-0.3, -0.25) is 4.79 Å². The average molecular weight is 283 g/mol. The van der Waals surface area contributed by atoms with Gasteiger partial charge in [-0.25, -0.2) is 9.18 Å². The van der Waals surface area contributed by atoms with Gasteiger partial charge in [-0.2, -0.15) is 0 Å². The Morgan fingerprint density at radius 3 is 2.43 bits per heavy atom. The Labute approximate surface area is 118 Å². The molecule has 104 valence electrons. The first-order chi connectivity index (χ1) is 10.1. The SMILES string of the molecule is O=C(O)c1cc(C(=O)c2ccc(F)c3ccccc23)c[nH]1. The number of rotatable bonds is 3. The number of aromatic amines is 1. The molecule has 2 N–H and O–H groups in total. The Morgan fingerprint density at radius 1 is 1.05 bits per heavy atom. The van der Waals surface area contributed by atoms with Gasteiger partial charge in [0, 0.05) is 22.7 Å². The molecule has 2 aromatic carbocycles. The van der Waals surface area contributed by atoms with Crippen molar-refractivity contribution >= 4 is 22.5 Å². The lowest BCUT2D eigenvalue weighted by molar-refractivity contribution is 0.0691. The van der Waals surface area contributed by atoms with E-state index in [1.165, 1.54) is 24.4 Å². The second-order valence-corrected chi connectivity index (χ2v) is 4.58. The van der Waals surface area contributed by atoms with Gasteiger partial charge in [0.25, 0.3) is 0 Å². The van der Waals surface area contributed by atoms with E-state index in [9.17, 15) is 14.0 Å². The van der Waals surface area contributed by atoms with Crippen molar-refractivity contribution < 1.29 is 19.1 Å². The van der Waals surface area contributed by atoms with Gasteiger partial charge >= 0.3 is 5.97 Å². The number of hydrogen-bond acceptors (Lipinski definition) is 2. The highest BCUT2D eigenvalue weighted by atomic mass is 19.1. The number of carboxylic acids is 1. The van der Waals surface area contributed by atoms with Gasteiger partial charge in [0.1, 0.15) is 11.5 Å². The van der Waals surface area contributed by atoms with Crippen molar-refractivity contribution in [1.29, 1.82) is 0 Å². The van der Waals surface area contributed by atoms with E-state index in [4.69, 9.17) is 5.11 Å². The Bertz CT molecular complexity index is 867. The highest BCUT2D eigenvalue weighted by Crippen LogP contribution is 2.24. The van der Waals surface area contributed by atoms with E-state index in [1.807, 2.05) is 0 Å². The molecule has 4 nitrogen and oxygen atoms in total. The summed E-state index contributed by atoms with van der Waals surface area (Å²) in [5, 5.41) is 9.73. The third-order valence-electron chi connectivity index (χ3n) is 3.29. The topological polar surface area (TPSA) is 70.2 Å². The number of hydrogen-bond donors (Lipinski definition) is 2. The zero-order valence-electron chi connectivity index (χ0n) is 10.8. The zero-order chi connectivity index (χ0) is 15.0. The smallest absolute Gasteiger partial charge is 0.352 e. The monoisotopic (exact) mass is 283 g/mol. The van der Waals surface area contributed by atoms with Crippen LogP contribution in [0.2, 0.25) is 0 Å². The Hall–Kier alpha value is -2.95. The van der Waals surface area contributed by atoms with Crippen LogP contribution in [0.5, 0.6) is 0 Å². The Morgan fingerprint density at radius 2 is 1.76 bits per heavy atom. The van der Waals surface area contributed by atoms with Crippen molar-refractivity contribution in [3.8, 4) is 0 Å². The first-order valence-electron chi connectivity index (χ1n) is 6.21. The van der Waals surface area contributed by atoms with Crippen molar-refractivity contribution in [1.82, 2.24) is 4.98 Å². The minimum absolute atomic E-state index is 0.0650. The molecule has 0 bridgehead atoms. The van der Waals surface area contributed by atoms with E-state index in [2.05, 4.69) is 4.98 Å². The number of aromatic nitrogens is 1. The van der Waals surface area contributed by atoms with Gasteiger partial charge < -0.3 is 10.1 Å². The largest absolute Gasteiger partial charge is 0.477 e. The van der Waals surface area contributed by atoms with Crippen LogP contribution in [0.1, 0.15) is 26.4 Å². The summed E-state index contributed by atoms with van der Waals surface area (Å²) in [6.07, 6.45) is 1.34. The minimum Gasteiger partial charge on any atom is -0.477 e. The summed E-state index contributed by atoms with van der Waals surface area (Å²) in [4.78, 5) is 25.8. The van der Waals surface area contributed by atoms with E-state index in [1.54, 1.807) is 24.3 Å². The predicted octanol–water partition coefficient (Wildman–Crippen LogP) is 3.24. The molecule has 0 atom stereocenters. The second kappa shape index (κ2) is 4.86. The average Bonchev–Trinajstić information content (AvgIpc) is 2.97. The van der Waals surface area contributed by atoms with Crippen LogP contribution in [0.15, 0.2) is 48.7 Å². The van der Waals surface area contributed by atoms with Crippen LogP contribution >= 0.6 is 0 Å². The number of ketones is 1. The van der Waals surface area contributed by atoms with Crippen LogP contribution in [-0.2, 0) is 0 Å². The fourth-order valence-electron chi connectivity index (χ4n) is 2.26. The van der Waals surface area contributed by atoms with Crippen LogP contribution in [-0.4, -0.2) is 21.8 Å². The number of nitrogens with one attached hydrogen (secondary N) is 1. The van der Waals surface area contributed by atoms with Gasteiger partial charge in [-0.15, -0.1) is 0 Å². The molecule has 5 heteroatoms. The Kier molecular flexibility index (Phi) is 3.02. The van der Waals surface area contributed by atoms with Crippen LogP contribution in [0.25, 0.3) is 10.8 Å². The summed E-state index contributed by atoms with van der Waals surface area (Å²) < 4.78 is 13.7. The lowest BCUT2D eigenvalue weighted by Gasteiger charge is -2.05. The van der Waals surface area contributed by atoms with E-state index in [0.717, 1.165) is 0 Å². The Balaban J connectivity index is 2.13. The highest BCUT2D eigenvalue weighted by Gasteiger charge is 2.17. The van der Waals surface area contributed by atoms with E-state index < -0.39 is 11.8 Å². The molecule has 0 amide bonds. The molecular formula is C16H10FNO3. The summed E-state index contributed by atoms with van der Waals surface area (Å²) in [7, 11) is 0. The summed E-state index contributed by atoms with van der Waals surface area (Å²) in [6, 6.07) is 10.6. The molecule has 0 saturated heterocycles. The number of carbonyl (C=O) groups excluding carboxylic acids is 1. The fraction of sp³-hybridized carbons (Fsp3) is 0. The van der Waals surface area contributed by atoms with E-state index >= 15 is 0 Å². The second-order valence-electron chi connectivity index (χ2n) is 4.58. The van der Waals surface area contributed by atoms with Crippen molar-refractivity contribution in [3.63, 3.8) is 0 Å². The van der Waals surface area contributed by atoms with Gasteiger partial charge in [0.2, 0.25) is 0 Å². The standard InChI is InChI=1S/C16H10FNO3/c17-13-6-5-12(10-3-1-2-4-11(10)13)15(19)9-7-14(16(20)21)18-8-9/h1-8,18H,(H,20,21). The molecule has 0 saturated carbocycles. The third-order valence-corrected chi connectivity index (χ3v) is 3.29. The van der Waals surface area contributed by atoms with E-state index in [0.29, 0.717) is 16.3 Å². The van der Waals surface area contributed by atoms with Crippen molar-refractivity contribution in [2.75, 3.05) is 0 Å². The minimum atomic E-state index is -1.14. The molecule has 3 rings (SSSR count). The molecule has 0 aliphatic rings. The maximum Gasteiger partial charge on any atom is 0.352 e. The third kappa shape index (κ3) is 2.18. The van der Waals surface area contributed by atoms with Crippen LogP contribution in [0, 0.1) is 5.82 Å². The molecule has 1 aromatic heterocycles. The number of fused-ring (bicyclic) bond motifs is 1. The molecule has 0 fully saturated rings. The molecule has 3 aromatic rings. The lowest BCUT2D eigenvalue weighted by Crippen LogP contribution is -2.02. The first-order valence-corrected chi connectivity index (χ1v) is 6.21. The molecule has 0 radical (unpaired) electrons. The molecular weight excluding hydrogens is 273 g/mol. The van der Waals surface area contributed by atoms with Crippen molar-refractivity contribution in [2.45, 2.75) is 0 Å². The number of carboxylic acid groups (broad SMARTS) is 1. The van der Waals surface area contributed by atoms with Crippen LogP contribution < -0.4 is 0 Å². The summed E-state index contributed by atoms with van der Waals surface area (Å²) >= 11 is 0. The molecule has 1 heterocycles. The quantitative estimate of drug-likeness (QED) is 0.725.